The van der Waals surface area contributed by atoms with E-state index in [4.69, 9.17) is 4.74 Å². The van der Waals surface area contributed by atoms with Crippen molar-refractivity contribution in [3.05, 3.63) is 69.5 Å². The van der Waals surface area contributed by atoms with Gasteiger partial charge in [0, 0.05) is 30.2 Å². The summed E-state index contributed by atoms with van der Waals surface area (Å²) >= 11 is 0. The topological polar surface area (TPSA) is 81.5 Å². The molecule has 2 aromatic carbocycles. The van der Waals surface area contributed by atoms with Crippen LogP contribution in [0.3, 0.4) is 0 Å². The zero-order valence-corrected chi connectivity index (χ0v) is 13.4. The van der Waals surface area contributed by atoms with Crippen molar-refractivity contribution in [1.82, 2.24) is 0 Å². The Labute approximate surface area is 143 Å². The quantitative estimate of drug-likeness (QED) is 0.674. The summed E-state index contributed by atoms with van der Waals surface area (Å²) in [4.78, 5) is 22.4. The molecule has 0 bridgehead atoms. The van der Waals surface area contributed by atoms with E-state index in [1.54, 1.807) is 12.1 Å². The van der Waals surface area contributed by atoms with Crippen LogP contribution < -0.4 is 5.32 Å². The highest BCUT2D eigenvalue weighted by Gasteiger charge is 2.17. The predicted octanol–water partition coefficient (Wildman–Crippen LogP) is 3.88. The van der Waals surface area contributed by atoms with Gasteiger partial charge in [-0.3, -0.25) is 14.9 Å². The van der Waals surface area contributed by atoms with Crippen LogP contribution in [0.25, 0.3) is 0 Å². The maximum atomic E-state index is 13.8. The van der Waals surface area contributed by atoms with Crippen LogP contribution in [-0.4, -0.2) is 24.0 Å². The average Bonchev–Trinajstić information content (AvgIpc) is 2.64. The molecule has 1 saturated heterocycles. The summed E-state index contributed by atoms with van der Waals surface area (Å²) in [5, 5.41) is 13.1. The number of non-ortho nitro benzene ring substituents is 1. The summed E-state index contributed by atoms with van der Waals surface area (Å²) < 4.78 is 19.2. The standard InChI is InChI=1S/C18H17FN2O4/c19-16-8-7-15(21(23)24)10-17(16)20-18(22)13-5-3-12(4-6-13)14-2-1-9-25-11-14/h3-8,10,14H,1-2,9,11H2,(H,20,22)/t14-/m1/s1. The number of nitrogens with zero attached hydrogens (tertiary/aromatic N) is 1. The van der Waals surface area contributed by atoms with Crippen molar-refractivity contribution in [1.29, 1.82) is 0 Å². The Hall–Kier alpha value is -2.80. The lowest BCUT2D eigenvalue weighted by molar-refractivity contribution is -0.384. The summed E-state index contributed by atoms with van der Waals surface area (Å²) in [6.45, 7) is 1.45. The smallest absolute Gasteiger partial charge is 0.271 e. The average molecular weight is 344 g/mol. The van der Waals surface area contributed by atoms with Crippen LogP contribution in [0.4, 0.5) is 15.8 Å². The van der Waals surface area contributed by atoms with Crippen LogP contribution >= 0.6 is 0 Å². The second kappa shape index (κ2) is 7.40. The second-order valence-electron chi connectivity index (χ2n) is 5.91. The summed E-state index contributed by atoms with van der Waals surface area (Å²) in [6, 6.07) is 10.0. The second-order valence-corrected chi connectivity index (χ2v) is 5.91. The van der Waals surface area contributed by atoms with Crippen LogP contribution in [0.2, 0.25) is 0 Å². The summed E-state index contributed by atoms with van der Waals surface area (Å²) in [6.07, 6.45) is 2.06. The lowest BCUT2D eigenvalue weighted by Crippen LogP contribution is -2.16. The zero-order valence-electron chi connectivity index (χ0n) is 13.4. The van der Waals surface area contributed by atoms with Gasteiger partial charge < -0.3 is 10.1 Å². The number of nitro groups is 1. The molecule has 0 aromatic heterocycles. The Morgan fingerprint density at radius 1 is 1.24 bits per heavy atom. The monoisotopic (exact) mass is 344 g/mol. The van der Waals surface area contributed by atoms with Gasteiger partial charge in [-0.2, -0.15) is 0 Å². The van der Waals surface area contributed by atoms with Crippen molar-refractivity contribution in [3.63, 3.8) is 0 Å². The van der Waals surface area contributed by atoms with Gasteiger partial charge in [0.2, 0.25) is 0 Å². The van der Waals surface area contributed by atoms with E-state index >= 15 is 0 Å². The number of rotatable bonds is 4. The Morgan fingerprint density at radius 2 is 2.00 bits per heavy atom. The van der Waals surface area contributed by atoms with Gasteiger partial charge >= 0.3 is 0 Å². The first-order valence-electron chi connectivity index (χ1n) is 7.97. The third-order valence-corrected chi connectivity index (χ3v) is 4.21. The number of anilines is 1. The maximum Gasteiger partial charge on any atom is 0.271 e. The molecule has 0 unspecified atom stereocenters. The SMILES string of the molecule is O=C(Nc1cc([N+](=O)[O-])ccc1F)c1ccc([C@@H]2CCCOC2)cc1. The molecule has 7 heteroatoms. The third kappa shape index (κ3) is 4.00. The number of amides is 1. The zero-order chi connectivity index (χ0) is 17.8. The predicted molar refractivity (Wildman–Crippen MR) is 90.2 cm³/mol. The van der Waals surface area contributed by atoms with E-state index in [1.807, 2.05) is 12.1 Å². The molecule has 1 fully saturated rings. The minimum Gasteiger partial charge on any atom is -0.381 e. The van der Waals surface area contributed by atoms with Crippen LogP contribution in [-0.2, 0) is 4.74 Å². The van der Waals surface area contributed by atoms with Crippen molar-refractivity contribution < 1.29 is 18.8 Å². The van der Waals surface area contributed by atoms with Crippen molar-refractivity contribution in [2.24, 2.45) is 0 Å². The van der Waals surface area contributed by atoms with E-state index in [0.29, 0.717) is 18.1 Å². The normalized spacial score (nSPS) is 17.1. The molecule has 3 rings (SSSR count). The number of carbonyl (C=O) groups is 1. The minimum absolute atomic E-state index is 0.219. The van der Waals surface area contributed by atoms with Crippen molar-refractivity contribution >= 4 is 17.3 Å². The van der Waals surface area contributed by atoms with Crippen molar-refractivity contribution in [3.8, 4) is 0 Å². The Bertz CT molecular complexity index is 786. The Balaban J connectivity index is 1.73. The van der Waals surface area contributed by atoms with E-state index in [2.05, 4.69) is 5.32 Å². The number of halogens is 1. The molecule has 0 aliphatic carbocycles. The molecular formula is C18H17FN2O4. The number of nitro benzene ring substituents is 1. The van der Waals surface area contributed by atoms with Crippen LogP contribution in [0, 0.1) is 15.9 Å². The number of hydrogen-bond donors (Lipinski definition) is 1. The van der Waals surface area contributed by atoms with Crippen LogP contribution in [0.1, 0.15) is 34.7 Å². The Kier molecular flexibility index (Phi) is 5.04. The molecule has 25 heavy (non-hydrogen) atoms. The fourth-order valence-corrected chi connectivity index (χ4v) is 2.83. The lowest BCUT2D eigenvalue weighted by Gasteiger charge is -2.22. The van der Waals surface area contributed by atoms with Crippen molar-refractivity contribution in [2.75, 3.05) is 18.5 Å². The van der Waals surface area contributed by atoms with Crippen molar-refractivity contribution in [2.45, 2.75) is 18.8 Å². The van der Waals surface area contributed by atoms with Crippen LogP contribution in [0.15, 0.2) is 42.5 Å². The molecule has 1 N–H and O–H groups in total. The minimum atomic E-state index is -0.727. The highest BCUT2D eigenvalue weighted by atomic mass is 19.1. The molecule has 1 aliphatic heterocycles. The van der Waals surface area contributed by atoms with Crippen LogP contribution in [0.5, 0.6) is 0 Å². The number of ether oxygens (including phenoxy) is 1. The fourth-order valence-electron chi connectivity index (χ4n) is 2.83. The van der Waals surface area contributed by atoms with E-state index in [-0.39, 0.29) is 11.4 Å². The number of benzene rings is 2. The molecule has 0 saturated carbocycles. The van der Waals surface area contributed by atoms with E-state index < -0.39 is 16.6 Å². The molecule has 130 valence electrons. The van der Waals surface area contributed by atoms with Gasteiger partial charge in [-0.15, -0.1) is 0 Å². The number of nitrogens with one attached hydrogen (secondary N) is 1. The summed E-state index contributed by atoms with van der Waals surface area (Å²) in [5.74, 6) is -0.930. The molecule has 1 amide bonds. The van der Waals surface area contributed by atoms with E-state index in [9.17, 15) is 19.3 Å². The van der Waals surface area contributed by atoms with E-state index in [0.717, 1.165) is 43.2 Å². The number of hydrogen-bond acceptors (Lipinski definition) is 4. The lowest BCUT2D eigenvalue weighted by atomic mass is 9.93. The van der Waals surface area contributed by atoms with Gasteiger partial charge in [0.25, 0.3) is 11.6 Å². The third-order valence-electron chi connectivity index (χ3n) is 4.21. The molecule has 0 spiro atoms. The highest BCUT2D eigenvalue weighted by Crippen LogP contribution is 2.26. The first-order valence-corrected chi connectivity index (χ1v) is 7.97. The Morgan fingerprint density at radius 3 is 2.64 bits per heavy atom. The molecule has 1 heterocycles. The molecular weight excluding hydrogens is 327 g/mol. The van der Waals surface area contributed by atoms with Gasteiger partial charge in [-0.1, -0.05) is 12.1 Å². The maximum absolute atomic E-state index is 13.8. The van der Waals surface area contributed by atoms with Gasteiger partial charge in [0.15, 0.2) is 0 Å². The van der Waals surface area contributed by atoms with E-state index in [1.165, 1.54) is 0 Å². The van der Waals surface area contributed by atoms with Gasteiger partial charge in [-0.25, -0.2) is 4.39 Å². The fraction of sp³-hybridized carbons (Fsp3) is 0.278. The summed E-state index contributed by atoms with van der Waals surface area (Å²) in [5.41, 5.74) is 0.942. The molecule has 1 aliphatic rings. The van der Waals surface area contributed by atoms with Gasteiger partial charge in [0.05, 0.1) is 17.2 Å². The number of carbonyl (C=O) groups excluding carboxylic acids is 1. The molecule has 1 atom stereocenters. The first-order chi connectivity index (χ1) is 12.0. The molecule has 2 aromatic rings. The molecule has 0 radical (unpaired) electrons. The van der Waals surface area contributed by atoms with Gasteiger partial charge in [-0.05, 0) is 36.6 Å². The molecule has 6 nitrogen and oxygen atoms in total. The highest BCUT2D eigenvalue weighted by molar-refractivity contribution is 6.04. The summed E-state index contributed by atoms with van der Waals surface area (Å²) in [7, 11) is 0. The largest absolute Gasteiger partial charge is 0.381 e. The van der Waals surface area contributed by atoms with Gasteiger partial charge in [0.1, 0.15) is 5.82 Å². The first kappa shape index (κ1) is 17.0.